The molecule has 0 saturated heterocycles. The number of carbonyl (C=O) groups excluding carboxylic acids is 1. The molecule has 158 valence electrons. The Hall–Kier alpha value is -3.25. The van der Waals surface area contributed by atoms with Crippen molar-refractivity contribution >= 4 is 22.9 Å². The summed E-state index contributed by atoms with van der Waals surface area (Å²) in [7, 11) is 9.28. The van der Waals surface area contributed by atoms with E-state index in [1.54, 1.807) is 20.3 Å². The highest BCUT2D eigenvalue weighted by Gasteiger charge is 2.19. The Labute approximate surface area is 177 Å². The molecule has 0 aliphatic rings. The van der Waals surface area contributed by atoms with Gasteiger partial charge < -0.3 is 24.3 Å². The molecular formula is C24H29N3O3. The van der Waals surface area contributed by atoms with Crippen molar-refractivity contribution < 1.29 is 14.3 Å². The van der Waals surface area contributed by atoms with E-state index < -0.39 is 0 Å². The zero-order chi connectivity index (χ0) is 21.7. The standard InChI is InChI=1S/C24H29N3O3/c1-26(2)21(19-16-27(3)20-9-7-6-8-18(19)20)15-25-24(28)13-11-17-10-12-22(29-4)23(14-17)30-5/h6-14,16,21H,15H2,1-5H3,(H,25,28)/b13-11+. The molecular weight excluding hydrogens is 378 g/mol. The van der Waals surface area contributed by atoms with Crippen LogP contribution in [0.15, 0.2) is 54.7 Å². The number of aryl methyl sites for hydroxylation is 1. The van der Waals surface area contributed by atoms with Gasteiger partial charge in [0.15, 0.2) is 11.5 Å². The van der Waals surface area contributed by atoms with E-state index in [0.717, 1.165) is 5.56 Å². The Kier molecular flexibility index (Phi) is 6.79. The summed E-state index contributed by atoms with van der Waals surface area (Å²) >= 11 is 0. The summed E-state index contributed by atoms with van der Waals surface area (Å²) in [5, 5.41) is 4.23. The highest BCUT2D eigenvalue weighted by atomic mass is 16.5. The summed E-state index contributed by atoms with van der Waals surface area (Å²) in [5.74, 6) is 1.14. The number of nitrogens with one attached hydrogen (secondary N) is 1. The summed E-state index contributed by atoms with van der Waals surface area (Å²) in [5.41, 5.74) is 3.24. The van der Waals surface area contributed by atoms with Crippen LogP contribution in [0, 0.1) is 0 Å². The van der Waals surface area contributed by atoms with Crippen molar-refractivity contribution in [2.75, 3.05) is 34.9 Å². The molecule has 1 unspecified atom stereocenters. The molecule has 0 bridgehead atoms. The van der Waals surface area contributed by atoms with Crippen molar-refractivity contribution in [2.24, 2.45) is 7.05 Å². The number of benzene rings is 2. The van der Waals surface area contributed by atoms with Gasteiger partial charge in [-0.05, 0) is 49.5 Å². The molecule has 1 atom stereocenters. The number of carbonyl (C=O) groups is 1. The SMILES string of the molecule is COc1ccc(/C=C/C(=O)NCC(c2cn(C)c3ccccc23)N(C)C)cc1OC. The number of methoxy groups -OCH3 is 2. The largest absolute Gasteiger partial charge is 0.493 e. The van der Waals surface area contributed by atoms with Crippen LogP contribution in [0.3, 0.4) is 0 Å². The van der Waals surface area contributed by atoms with Gasteiger partial charge in [-0.3, -0.25) is 4.79 Å². The first kappa shape index (κ1) is 21.5. The lowest BCUT2D eigenvalue weighted by molar-refractivity contribution is -0.116. The Morgan fingerprint density at radius 1 is 1.13 bits per heavy atom. The first-order chi connectivity index (χ1) is 14.4. The Balaban J connectivity index is 1.71. The van der Waals surface area contributed by atoms with Crippen LogP contribution in [-0.4, -0.2) is 50.2 Å². The maximum Gasteiger partial charge on any atom is 0.244 e. The third kappa shape index (κ3) is 4.66. The van der Waals surface area contributed by atoms with Crippen LogP contribution in [0.2, 0.25) is 0 Å². The molecule has 1 amide bonds. The molecule has 6 nitrogen and oxygen atoms in total. The van der Waals surface area contributed by atoms with Gasteiger partial charge in [0.1, 0.15) is 0 Å². The van der Waals surface area contributed by atoms with Gasteiger partial charge in [-0.2, -0.15) is 0 Å². The van der Waals surface area contributed by atoms with Crippen LogP contribution in [-0.2, 0) is 11.8 Å². The van der Waals surface area contributed by atoms with Crippen molar-refractivity contribution in [3.8, 4) is 11.5 Å². The van der Waals surface area contributed by atoms with Crippen molar-refractivity contribution in [1.82, 2.24) is 14.8 Å². The molecule has 30 heavy (non-hydrogen) atoms. The molecule has 0 radical (unpaired) electrons. The van der Waals surface area contributed by atoms with Gasteiger partial charge >= 0.3 is 0 Å². The van der Waals surface area contributed by atoms with Gasteiger partial charge in [-0.25, -0.2) is 0 Å². The summed E-state index contributed by atoms with van der Waals surface area (Å²) in [6.45, 7) is 0.510. The molecule has 6 heteroatoms. The van der Waals surface area contributed by atoms with Crippen LogP contribution in [0.1, 0.15) is 17.2 Å². The van der Waals surface area contributed by atoms with Gasteiger partial charge in [-0.15, -0.1) is 0 Å². The van der Waals surface area contributed by atoms with Gasteiger partial charge in [0.05, 0.1) is 20.3 Å². The van der Waals surface area contributed by atoms with E-state index in [-0.39, 0.29) is 11.9 Å². The summed E-state index contributed by atoms with van der Waals surface area (Å²) in [6.07, 6.45) is 5.44. The predicted octanol–water partition coefficient (Wildman–Crippen LogP) is 3.63. The Bertz CT molecular complexity index is 1050. The maximum atomic E-state index is 12.4. The predicted molar refractivity (Wildman–Crippen MR) is 121 cm³/mol. The second-order valence-corrected chi connectivity index (χ2v) is 7.38. The number of aromatic nitrogens is 1. The number of hydrogen-bond donors (Lipinski definition) is 1. The molecule has 3 rings (SSSR count). The average Bonchev–Trinajstić information content (AvgIpc) is 3.08. The molecule has 0 aliphatic heterocycles. The molecule has 0 spiro atoms. The highest BCUT2D eigenvalue weighted by Crippen LogP contribution is 2.29. The molecule has 1 heterocycles. The number of fused-ring (bicyclic) bond motifs is 1. The van der Waals surface area contributed by atoms with Gasteiger partial charge in [0, 0.05) is 36.8 Å². The van der Waals surface area contributed by atoms with Crippen molar-refractivity contribution in [1.29, 1.82) is 0 Å². The van der Waals surface area contributed by atoms with Crippen LogP contribution in [0.5, 0.6) is 11.5 Å². The highest BCUT2D eigenvalue weighted by molar-refractivity contribution is 5.92. The Morgan fingerprint density at radius 3 is 2.57 bits per heavy atom. The third-order valence-electron chi connectivity index (χ3n) is 5.21. The molecule has 1 aromatic heterocycles. The fourth-order valence-electron chi connectivity index (χ4n) is 3.59. The number of likely N-dealkylation sites (N-methyl/N-ethyl adjacent to an activating group) is 1. The second kappa shape index (κ2) is 9.50. The first-order valence-electron chi connectivity index (χ1n) is 9.83. The zero-order valence-corrected chi connectivity index (χ0v) is 18.2. The van der Waals surface area contributed by atoms with Crippen LogP contribution in [0.25, 0.3) is 17.0 Å². The van der Waals surface area contributed by atoms with Crippen molar-refractivity contribution in [3.63, 3.8) is 0 Å². The van der Waals surface area contributed by atoms with Gasteiger partial charge in [0.25, 0.3) is 0 Å². The molecule has 1 N–H and O–H groups in total. The number of ether oxygens (including phenoxy) is 2. The molecule has 2 aromatic carbocycles. The van der Waals surface area contributed by atoms with E-state index in [9.17, 15) is 4.79 Å². The number of rotatable bonds is 8. The first-order valence-corrected chi connectivity index (χ1v) is 9.83. The molecule has 3 aromatic rings. The van der Waals surface area contributed by atoms with Crippen LogP contribution in [0.4, 0.5) is 0 Å². The quantitative estimate of drug-likeness (QED) is 0.580. The summed E-state index contributed by atoms with van der Waals surface area (Å²) < 4.78 is 12.7. The number of nitrogens with zero attached hydrogens (tertiary/aromatic N) is 2. The lowest BCUT2D eigenvalue weighted by Crippen LogP contribution is -2.33. The monoisotopic (exact) mass is 407 g/mol. The fourth-order valence-corrected chi connectivity index (χ4v) is 3.59. The second-order valence-electron chi connectivity index (χ2n) is 7.38. The Morgan fingerprint density at radius 2 is 1.87 bits per heavy atom. The minimum absolute atomic E-state index is 0.0644. The van der Waals surface area contributed by atoms with E-state index in [4.69, 9.17) is 9.47 Å². The summed E-state index contributed by atoms with van der Waals surface area (Å²) in [6, 6.07) is 13.9. The number of para-hydroxylation sites is 1. The van der Waals surface area contributed by atoms with Gasteiger partial charge in [-0.1, -0.05) is 24.3 Å². The number of amides is 1. The van der Waals surface area contributed by atoms with E-state index >= 15 is 0 Å². The average molecular weight is 408 g/mol. The van der Waals surface area contributed by atoms with E-state index in [1.165, 1.54) is 22.5 Å². The smallest absolute Gasteiger partial charge is 0.244 e. The minimum atomic E-state index is -0.142. The van der Waals surface area contributed by atoms with Gasteiger partial charge in [0.2, 0.25) is 5.91 Å². The van der Waals surface area contributed by atoms with Crippen LogP contribution >= 0.6 is 0 Å². The fraction of sp³-hybridized carbons (Fsp3) is 0.292. The number of hydrogen-bond acceptors (Lipinski definition) is 4. The summed E-state index contributed by atoms with van der Waals surface area (Å²) in [4.78, 5) is 14.6. The normalized spacial score (nSPS) is 12.5. The topological polar surface area (TPSA) is 55.7 Å². The van der Waals surface area contributed by atoms with E-state index in [2.05, 4.69) is 33.1 Å². The van der Waals surface area contributed by atoms with Crippen LogP contribution < -0.4 is 14.8 Å². The van der Waals surface area contributed by atoms with Crippen molar-refractivity contribution in [2.45, 2.75) is 6.04 Å². The lowest BCUT2D eigenvalue weighted by Gasteiger charge is -2.24. The third-order valence-corrected chi connectivity index (χ3v) is 5.21. The maximum absolute atomic E-state index is 12.4. The van der Waals surface area contributed by atoms with E-state index in [0.29, 0.717) is 18.0 Å². The molecule has 0 aliphatic carbocycles. The van der Waals surface area contributed by atoms with E-state index in [1.807, 2.05) is 51.5 Å². The molecule has 0 fully saturated rings. The lowest BCUT2D eigenvalue weighted by atomic mass is 10.0. The minimum Gasteiger partial charge on any atom is -0.493 e. The molecule has 0 saturated carbocycles. The zero-order valence-electron chi connectivity index (χ0n) is 18.2. The van der Waals surface area contributed by atoms with Crippen molar-refractivity contribution in [3.05, 3.63) is 65.9 Å².